The van der Waals surface area contributed by atoms with Gasteiger partial charge >= 0.3 is 8.80 Å². The van der Waals surface area contributed by atoms with Crippen LogP contribution in [0.1, 0.15) is 31.9 Å². The number of hydrogen-bond donors (Lipinski definition) is 0. The first-order valence-electron chi connectivity index (χ1n) is 6.83. The van der Waals surface area contributed by atoms with Crippen molar-refractivity contribution in [3.63, 3.8) is 0 Å². The van der Waals surface area contributed by atoms with Crippen LogP contribution in [0, 0.1) is 0 Å². The van der Waals surface area contributed by atoms with Crippen LogP contribution >= 0.6 is 0 Å². The van der Waals surface area contributed by atoms with E-state index in [1.807, 2.05) is 38.1 Å². The Balaban J connectivity index is 2.71. The Morgan fingerprint density at radius 3 is 2.32 bits per heavy atom. The van der Waals surface area contributed by atoms with Crippen molar-refractivity contribution in [3.05, 3.63) is 42.0 Å². The third-order valence-electron chi connectivity index (χ3n) is 2.81. The molecule has 0 unspecified atom stereocenters. The molecule has 0 aliphatic carbocycles. The van der Waals surface area contributed by atoms with E-state index in [1.165, 1.54) is 0 Å². The molecule has 1 rings (SSSR count). The molecule has 3 nitrogen and oxygen atoms in total. The average Bonchev–Trinajstić information content (AvgIpc) is 2.45. The van der Waals surface area contributed by atoms with E-state index in [4.69, 9.17) is 13.3 Å². The van der Waals surface area contributed by atoms with Crippen LogP contribution in [0.5, 0.6) is 0 Å². The summed E-state index contributed by atoms with van der Waals surface area (Å²) in [7, 11) is -2.51. The molecule has 19 heavy (non-hydrogen) atoms. The molecule has 0 aromatic heterocycles. The lowest BCUT2D eigenvalue weighted by Crippen LogP contribution is -2.45. The predicted molar refractivity (Wildman–Crippen MR) is 80.8 cm³/mol. The summed E-state index contributed by atoms with van der Waals surface area (Å²) in [5.74, 6) is 0. The summed E-state index contributed by atoms with van der Waals surface area (Å²) >= 11 is 0. The molecule has 0 radical (unpaired) electrons. The van der Waals surface area contributed by atoms with E-state index in [0.717, 1.165) is 17.2 Å². The first-order chi connectivity index (χ1) is 9.19. The van der Waals surface area contributed by atoms with Gasteiger partial charge in [0, 0.05) is 19.3 Å². The van der Waals surface area contributed by atoms with E-state index in [1.54, 1.807) is 0 Å². The first kappa shape index (κ1) is 16.1. The van der Waals surface area contributed by atoms with E-state index in [2.05, 4.69) is 19.6 Å². The van der Waals surface area contributed by atoms with Crippen LogP contribution in [0.2, 0.25) is 6.04 Å². The molecule has 0 saturated carbocycles. The molecular formula is C15H24O3Si. The summed E-state index contributed by atoms with van der Waals surface area (Å²) in [5, 5.41) is 0. The van der Waals surface area contributed by atoms with Crippen LogP contribution in [0.4, 0.5) is 0 Å². The maximum Gasteiger partial charge on any atom is 0.500 e. The number of benzene rings is 1. The molecule has 0 aliphatic heterocycles. The van der Waals surface area contributed by atoms with Gasteiger partial charge in [0.1, 0.15) is 0 Å². The van der Waals surface area contributed by atoms with Gasteiger partial charge < -0.3 is 13.3 Å². The van der Waals surface area contributed by atoms with Crippen LogP contribution in [0.3, 0.4) is 0 Å². The third-order valence-corrected chi connectivity index (χ3v) is 5.71. The SMILES string of the molecule is C=Cc1cccc(CO[Si](CC)(OCC)OCC)c1. The highest BCUT2D eigenvalue weighted by Gasteiger charge is 2.38. The molecule has 0 amide bonds. The van der Waals surface area contributed by atoms with Gasteiger partial charge in [0.25, 0.3) is 0 Å². The Labute approximate surface area is 117 Å². The lowest BCUT2D eigenvalue weighted by Gasteiger charge is -2.27. The Morgan fingerprint density at radius 1 is 1.11 bits per heavy atom. The molecule has 0 saturated heterocycles. The summed E-state index contributed by atoms with van der Waals surface area (Å²) < 4.78 is 17.5. The summed E-state index contributed by atoms with van der Waals surface area (Å²) in [5.41, 5.74) is 2.21. The summed E-state index contributed by atoms with van der Waals surface area (Å²) in [6.07, 6.45) is 1.83. The minimum atomic E-state index is -2.51. The van der Waals surface area contributed by atoms with E-state index < -0.39 is 8.80 Å². The van der Waals surface area contributed by atoms with E-state index in [9.17, 15) is 0 Å². The highest BCUT2D eigenvalue weighted by atomic mass is 28.4. The third kappa shape index (κ3) is 4.91. The van der Waals surface area contributed by atoms with Gasteiger partial charge in [0.2, 0.25) is 0 Å². The van der Waals surface area contributed by atoms with Crippen molar-refractivity contribution in [2.24, 2.45) is 0 Å². The van der Waals surface area contributed by atoms with Gasteiger partial charge in [-0.15, -0.1) is 0 Å². The Morgan fingerprint density at radius 2 is 1.79 bits per heavy atom. The lowest BCUT2D eigenvalue weighted by molar-refractivity contribution is 0.0624. The molecular weight excluding hydrogens is 256 g/mol. The fourth-order valence-corrected chi connectivity index (χ4v) is 4.00. The Bertz CT molecular complexity index is 387. The molecule has 4 heteroatoms. The summed E-state index contributed by atoms with van der Waals surface area (Å²) in [6.45, 7) is 11.5. The van der Waals surface area contributed by atoms with Crippen molar-refractivity contribution >= 4 is 14.9 Å². The zero-order chi connectivity index (χ0) is 14.1. The Kier molecular flexibility index (Phi) is 7.01. The van der Waals surface area contributed by atoms with Gasteiger partial charge in [-0.2, -0.15) is 0 Å². The smallest absolute Gasteiger partial charge is 0.374 e. The van der Waals surface area contributed by atoms with Crippen LogP contribution < -0.4 is 0 Å². The molecule has 0 N–H and O–H groups in total. The van der Waals surface area contributed by atoms with Gasteiger partial charge in [-0.05, 0) is 31.0 Å². The summed E-state index contributed by atoms with van der Waals surface area (Å²) in [4.78, 5) is 0. The fourth-order valence-electron chi connectivity index (χ4n) is 1.87. The molecule has 1 aromatic carbocycles. The van der Waals surface area contributed by atoms with E-state index >= 15 is 0 Å². The van der Waals surface area contributed by atoms with E-state index in [0.29, 0.717) is 19.8 Å². The number of hydrogen-bond acceptors (Lipinski definition) is 3. The molecule has 0 fully saturated rings. The second kappa shape index (κ2) is 8.27. The second-order valence-electron chi connectivity index (χ2n) is 4.14. The van der Waals surface area contributed by atoms with Crippen molar-refractivity contribution in [2.45, 2.75) is 33.4 Å². The Hall–Kier alpha value is -0.943. The van der Waals surface area contributed by atoms with Crippen molar-refractivity contribution < 1.29 is 13.3 Å². The van der Waals surface area contributed by atoms with Crippen LogP contribution in [-0.2, 0) is 19.9 Å². The highest BCUT2D eigenvalue weighted by Crippen LogP contribution is 2.18. The van der Waals surface area contributed by atoms with Crippen LogP contribution in [0.25, 0.3) is 6.08 Å². The van der Waals surface area contributed by atoms with Gasteiger partial charge in [-0.3, -0.25) is 0 Å². The number of rotatable bonds is 9. The van der Waals surface area contributed by atoms with Gasteiger partial charge in [-0.1, -0.05) is 37.8 Å². The normalized spacial score (nSPS) is 11.5. The first-order valence-corrected chi connectivity index (χ1v) is 8.76. The fraction of sp³-hybridized carbons (Fsp3) is 0.467. The maximum absolute atomic E-state index is 6.01. The molecule has 0 spiro atoms. The quantitative estimate of drug-likeness (QED) is 0.643. The molecule has 0 bridgehead atoms. The zero-order valence-corrected chi connectivity index (χ0v) is 13.1. The minimum Gasteiger partial charge on any atom is -0.374 e. The maximum atomic E-state index is 6.01. The molecule has 0 heterocycles. The lowest BCUT2D eigenvalue weighted by atomic mass is 10.1. The van der Waals surface area contributed by atoms with Crippen LogP contribution in [0.15, 0.2) is 30.8 Å². The van der Waals surface area contributed by atoms with Gasteiger partial charge in [-0.25, -0.2) is 0 Å². The second-order valence-corrected chi connectivity index (χ2v) is 7.08. The largest absolute Gasteiger partial charge is 0.500 e. The van der Waals surface area contributed by atoms with Gasteiger partial charge in [0.05, 0.1) is 6.61 Å². The molecule has 0 aliphatic rings. The average molecular weight is 280 g/mol. The van der Waals surface area contributed by atoms with E-state index in [-0.39, 0.29) is 0 Å². The van der Waals surface area contributed by atoms with Crippen molar-refractivity contribution in [2.75, 3.05) is 13.2 Å². The molecule has 106 valence electrons. The highest BCUT2D eigenvalue weighted by molar-refractivity contribution is 6.60. The summed E-state index contributed by atoms with van der Waals surface area (Å²) in [6, 6.07) is 8.92. The molecule has 0 atom stereocenters. The minimum absolute atomic E-state index is 0.516. The van der Waals surface area contributed by atoms with Crippen molar-refractivity contribution in [1.82, 2.24) is 0 Å². The zero-order valence-electron chi connectivity index (χ0n) is 12.1. The monoisotopic (exact) mass is 280 g/mol. The molecule has 1 aromatic rings. The van der Waals surface area contributed by atoms with Gasteiger partial charge in [0.15, 0.2) is 0 Å². The predicted octanol–water partition coefficient (Wildman–Crippen LogP) is 3.88. The standard InChI is InChI=1S/C15H24O3Si/c1-5-14-10-9-11-15(12-14)13-18-19(8-4,16-6-2)17-7-3/h5,9-12H,1,6-8,13H2,2-4H3. The van der Waals surface area contributed by atoms with Crippen molar-refractivity contribution in [3.8, 4) is 0 Å². The topological polar surface area (TPSA) is 27.7 Å². The van der Waals surface area contributed by atoms with Crippen LogP contribution in [-0.4, -0.2) is 22.0 Å². The van der Waals surface area contributed by atoms with Crippen molar-refractivity contribution in [1.29, 1.82) is 0 Å².